The van der Waals surface area contributed by atoms with E-state index in [1.807, 2.05) is 0 Å². The van der Waals surface area contributed by atoms with Gasteiger partial charge in [0.1, 0.15) is 18.0 Å². The fourth-order valence-electron chi connectivity index (χ4n) is 3.41. The summed E-state index contributed by atoms with van der Waals surface area (Å²) in [7, 11) is 0. The van der Waals surface area contributed by atoms with Gasteiger partial charge in [0.25, 0.3) is 5.88 Å². The highest BCUT2D eigenvalue weighted by atomic mass is 19.4. The molecule has 2 aromatic rings. The zero-order valence-electron chi connectivity index (χ0n) is 21.3. The molecule has 12 heteroatoms. The summed E-state index contributed by atoms with van der Waals surface area (Å²) in [6.07, 6.45) is -1.47. The van der Waals surface area contributed by atoms with Gasteiger partial charge in [-0.05, 0) is 44.4 Å². The smallest absolute Gasteiger partial charge is 0.389 e. The summed E-state index contributed by atoms with van der Waals surface area (Å²) >= 11 is 0. The highest BCUT2D eigenvalue weighted by Gasteiger charge is 2.26. The van der Waals surface area contributed by atoms with Crippen LogP contribution in [0.25, 0.3) is 0 Å². The minimum absolute atomic E-state index is 0.111. The number of carbonyl (C=O) groups is 1. The average Bonchev–Trinajstić information content (AvgIpc) is 2.81. The Morgan fingerprint density at radius 3 is 2.24 bits per heavy atom. The van der Waals surface area contributed by atoms with E-state index in [-0.39, 0.29) is 31.9 Å². The van der Waals surface area contributed by atoms with Crippen LogP contribution in [0.2, 0.25) is 0 Å². The number of aromatic nitrogens is 3. The number of ether oxygens (including phenoxy) is 2. The molecule has 0 saturated heterocycles. The molecule has 0 spiro atoms. The number of rotatable bonds is 15. The SMILES string of the molecule is CCCCCCCn1c(=O)c(OCc2ccc(OC(C)(C)C(=O)[O-])cc2)nn(CCCC(F)(F)F)c1=O. The van der Waals surface area contributed by atoms with E-state index < -0.39 is 41.3 Å². The monoisotopic (exact) mass is 528 g/mol. The Balaban J connectivity index is 2.19. The van der Waals surface area contributed by atoms with Gasteiger partial charge in [0.2, 0.25) is 0 Å². The van der Waals surface area contributed by atoms with Crippen molar-refractivity contribution in [3.63, 3.8) is 0 Å². The van der Waals surface area contributed by atoms with E-state index in [4.69, 9.17) is 9.47 Å². The second-order valence-corrected chi connectivity index (χ2v) is 9.23. The molecule has 1 heterocycles. The van der Waals surface area contributed by atoms with E-state index in [9.17, 15) is 32.7 Å². The van der Waals surface area contributed by atoms with Gasteiger partial charge in [-0.1, -0.05) is 44.7 Å². The largest absolute Gasteiger partial charge is 0.546 e. The molecule has 1 aromatic carbocycles. The van der Waals surface area contributed by atoms with Crippen LogP contribution in [0.3, 0.4) is 0 Å². The first-order valence-electron chi connectivity index (χ1n) is 12.2. The molecule has 0 bridgehead atoms. The number of hydrogen-bond donors (Lipinski definition) is 0. The average molecular weight is 529 g/mol. The summed E-state index contributed by atoms with van der Waals surface area (Å²) in [6.45, 7) is 4.44. The first-order chi connectivity index (χ1) is 17.3. The molecule has 0 aliphatic rings. The molecule has 1 aromatic heterocycles. The maximum atomic E-state index is 12.9. The van der Waals surface area contributed by atoms with Crippen LogP contribution in [0.1, 0.15) is 71.3 Å². The van der Waals surface area contributed by atoms with Crippen molar-refractivity contribution in [2.45, 2.75) is 97.2 Å². The molecule has 37 heavy (non-hydrogen) atoms. The summed E-state index contributed by atoms with van der Waals surface area (Å²) in [5, 5.41) is 15.0. The van der Waals surface area contributed by atoms with Crippen LogP contribution in [0.15, 0.2) is 33.9 Å². The summed E-state index contributed by atoms with van der Waals surface area (Å²) in [6, 6.07) is 6.21. The summed E-state index contributed by atoms with van der Waals surface area (Å²) in [5.41, 5.74) is -2.47. The molecule has 0 amide bonds. The minimum Gasteiger partial charge on any atom is -0.546 e. The van der Waals surface area contributed by atoms with Gasteiger partial charge in [0.15, 0.2) is 0 Å². The summed E-state index contributed by atoms with van der Waals surface area (Å²) < 4.78 is 50.5. The molecule has 0 aliphatic carbocycles. The molecule has 206 valence electrons. The standard InChI is InChI=1S/C25H34F3N3O6/c1-4-5-6-7-8-15-30-21(32)20(29-31(23(30)35)16-9-14-25(26,27)28)36-17-18-10-12-19(13-11-18)37-24(2,3)22(33)34/h10-13H,4-9,14-17H2,1-3H3,(H,33,34)/p-1. The van der Waals surface area contributed by atoms with E-state index in [0.29, 0.717) is 12.0 Å². The van der Waals surface area contributed by atoms with Crippen molar-refractivity contribution < 1.29 is 32.5 Å². The molecule has 0 fully saturated rings. The van der Waals surface area contributed by atoms with Crippen LogP contribution in [-0.4, -0.2) is 32.1 Å². The van der Waals surface area contributed by atoms with E-state index in [1.165, 1.54) is 26.0 Å². The molecular formula is C25H33F3N3O6-. The van der Waals surface area contributed by atoms with Crippen molar-refractivity contribution in [2.75, 3.05) is 0 Å². The molecule has 9 nitrogen and oxygen atoms in total. The highest BCUT2D eigenvalue weighted by molar-refractivity contribution is 5.74. The lowest BCUT2D eigenvalue weighted by atomic mass is 10.1. The zero-order valence-corrected chi connectivity index (χ0v) is 21.3. The Morgan fingerprint density at radius 1 is 1.00 bits per heavy atom. The number of nitrogens with zero attached hydrogens (tertiary/aromatic N) is 3. The number of aryl methyl sites for hydroxylation is 1. The number of carbonyl (C=O) groups excluding carboxylic acids is 1. The number of aliphatic carboxylic acids is 1. The number of carboxylic acids is 1. The lowest BCUT2D eigenvalue weighted by Crippen LogP contribution is -2.47. The van der Waals surface area contributed by atoms with Crippen molar-refractivity contribution in [1.82, 2.24) is 14.3 Å². The van der Waals surface area contributed by atoms with Crippen molar-refractivity contribution in [3.8, 4) is 11.6 Å². The molecular weight excluding hydrogens is 495 g/mol. The van der Waals surface area contributed by atoms with E-state index >= 15 is 0 Å². The molecule has 0 atom stereocenters. The minimum atomic E-state index is -4.37. The Morgan fingerprint density at radius 2 is 1.65 bits per heavy atom. The first kappa shape index (κ1) is 29.9. The quantitative estimate of drug-likeness (QED) is 0.326. The third-order valence-electron chi connectivity index (χ3n) is 5.57. The van der Waals surface area contributed by atoms with Gasteiger partial charge < -0.3 is 19.4 Å². The highest BCUT2D eigenvalue weighted by Crippen LogP contribution is 2.21. The van der Waals surface area contributed by atoms with E-state index in [0.717, 1.165) is 34.9 Å². The van der Waals surface area contributed by atoms with Crippen LogP contribution in [-0.2, 0) is 24.5 Å². The second kappa shape index (κ2) is 13.3. The third-order valence-corrected chi connectivity index (χ3v) is 5.57. The number of alkyl halides is 3. The second-order valence-electron chi connectivity index (χ2n) is 9.23. The van der Waals surface area contributed by atoms with Gasteiger partial charge in [-0.2, -0.15) is 13.2 Å². The topological polar surface area (TPSA) is 115 Å². The maximum absolute atomic E-state index is 12.9. The number of carboxylic acid groups (broad SMARTS) is 1. The van der Waals surface area contributed by atoms with Gasteiger partial charge in [-0.15, -0.1) is 5.10 Å². The van der Waals surface area contributed by atoms with Crippen LogP contribution in [0, 0.1) is 0 Å². The van der Waals surface area contributed by atoms with Crippen LogP contribution in [0.5, 0.6) is 11.6 Å². The van der Waals surface area contributed by atoms with Gasteiger partial charge in [-0.25, -0.2) is 9.48 Å². The summed E-state index contributed by atoms with van der Waals surface area (Å²) in [4.78, 5) is 36.8. The van der Waals surface area contributed by atoms with Gasteiger partial charge in [0.05, 0.1) is 5.97 Å². The third kappa shape index (κ3) is 9.58. The van der Waals surface area contributed by atoms with Crippen molar-refractivity contribution >= 4 is 5.97 Å². The molecule has 0 aliphatic heterocycles. The Kier molecular flexibility index (Phi) is 10.8. The zero-order chi connectivity index (χ0) is 27.6. The first-order valence-corrected chi connectivity index (χ1v) is 12.2. The number of halogens is 3. The van der Waals surface area contributed by atoms with Gasteiger partial charge in [-0.3, -0.25) is 9.36 Å². The van der Waals surface area contributed by atoms with Crippen LogP contribution < -0.4 is 25.8 Å². The molecule has 0 unspecified atom stereocenters. The predicted molar refractivity (Wildman–Crippen MR) is 127 cm³/mol. The fourth-order valence-corrected chi connectivity index (χ4v) is 3.41. The van der Waals surface area contributed by atoms with Crippen molar-refractivity contribution in [1.29, 1.82) is 0 Å². The lowest BCUT2D eigenvalue weighted by Gasteiger charge is -2.27. The Bertz CT molecular complexity index is 1140. The van der Waals surface area contributed by atoms with Crippen LogP contribution >= 0.6 is 0 Å². The lowest BCUT2D eigenvalue weighted by molar-refractivity contribution is -0.320. The number of hydrogen-bond acceptors (Lipinski definition) is 7. The fraction of sp³-hybridized carbons (Fsp3) is 0.600. The van der Waals surface area contributed by atoms with Crippen LogP contribution in [0.4, 0.5) is 13.2 Å². The molecule has 0 N–H and O–H groups in total. The van der Waals surface area contributed by atoms with Crippen molar-refractivity contribution in [3.05, 3.63) is 50.7 Å². The van der Waals surface area contributed by atoms with Crippen molar-refractivity contribution in [2.24, 2.45) is 0 Å². The molecule has 0 radical (unpaired) electrons. The Hall–Kier alpha value is -3.31. The normalized spacial score (nSPS) is 11.9. The van der Waals surface area contributed by atoms with E-state index in [2.05, 4.69) is 12.0 Å². The number of benzene rings is 1. The van der Waals surface area contributed by atoms with Gasteiger partial charge >= 0.3 is 17.4 Å². The maximum Gasteiger partial charge on any atom is 0.389 e. The summed E-state index contributed by atoms with van der Waals surface area (Å²) in [5.74, 6) is -1.49. The molecule has 2 rings (SSSR count). The Labute approximate surface area is 212 Å². The molecule has 0 saturated carbocycles. The van der Waals surface area contributed by atoms with Gasteiger partial charge in [0, 0.05) is 19.5 Å². The predicted octanol–water partition coefficient (Wildman–Crippen LogP) is 3.20. The van der Waals surface area contributed by atoms with E-state index in [1.54, 1.807) is 12.1 Å². The number of unbranched alkanes of at least 4 members (excludes halogenated alkanes) is 4.